The molecule has 2 nitrogen and oxygen atoms in total. The third-order valence-electron chi connectivity index (χ3n) is 3.21. The van der Waals surface area contributed by atoms with Crippen molar-refractivity contribution in [1.82, 2.24) is 4.90 Å². The van der Waals surface area contributed by atoms with Crippen LogP contribution in [0.4, 0.5) is 0 Å². The summed E-state index contributed by atoms with van der Waals surface area (Å²) < 4.78 is 0. The van der Waals surface area contributed by atoms with Crippen LogP contribution in [0.2, 0.25) is 0 Å². The Kier molecular flexibility index (Phi) is 7.13. The number of hydrogen-bond acceptors (Lipinski definition) is 3. The summed E-state index contributed by atoms with van der Waals surface area (Å²) >= 11 is 2.02. The van der Waals surface area contributed by atoms with Crippen molar-refractivity contribution in [1.29, 1.82) is 0 Å². The maximum Gasteiger partial charge on any atom is 0.131 e. The Labute approximate surface area is 104 Å². The number of carbonyl (C=O) groups excluding carboxylic acids is 1. The SMILES string of the molecule is CCSCCCN1CCCCC1CC(C)=O. The van der Waals surface area contributed by atoms with Crippen LogP contribution in [0.25, 0.3) is 0 Å². The predicted octanol–water partition coefficient (Wildman–Crippen LogP) is 2.96. The van der Waals surface area contributed by atoms with E-state index < -0.39 is 0 Å². The molecule has 0 bridgehead atoms. The molecule has 0 aromatic rings. The summed E-state index contributed by atoms with van der Waals surface area (Å²) in [6.45, 7) is 6.32. The minimum absolute atomic E-state index is 0.347. The van der Waals surface area contributed by atoms with Gasteiger partial charge in [-0.1, -0.05) is 13.3 Å². The first-order valence-electron chi connectivity index (χ1n) is 6.55. The zero-order valence-electron chi connectivity index (χ0n) is 10.7. The molecule has 1 aliphatic heterocycles. The number of rotatable bonds is 7. The van der Waals surface area contributed by atoms with Crippen LogP contribution in [0, 0.1) is 0 Å². The van der Waals surface area contributed by atoms with E-state index >= 15 is 0 Å². The molecule has 16 heavy (non-hydrogen) atoms. The molecule has 1 aliphatic rings. The van der Waals surface area contributed by atoms with Crippen LogP contribution in [0.15, 0.2) is 0 Å². The summed E-state index contributed by atoms with van der Waals surface area (Å²) in [6.07, 6.45) is 5.88. The average molecular weight is 243 g/mol. The maximum atomic E-state index is 11.2. The van der Waals surface area contributed by atoms with Crippen molar-refractivity contribution < 1.29 is 4.79 Å². The first kappa shape index (κ1) is 14.0. The number of piperidine rings is 1. The van der Waals surface area contributed by atoms with Gasteiger partial charge in [0.15, 0.2) is 0 Å². The molecule has 0 aliphatic carbocycles. The fraction of sp³-hybridized carbons (Fsp3) is 0.923. The molecule has 0 radical (unpaired) electrons. The summed E-state index contributed by atoms with van der Waals surface area (Å²) in [5, 5.41) is 0. The Morgan fingerprint density at radius 3 is 2.94 bits per heavy atom. The van der Waals surface area contributed by atoms with Crippen LogP contribution in [-0.4, -0.2) is 41.3 Å². The van der Waals surface area contributed by atoms with Crippen molar-refractivity contribution in [3.63, 3.8) is 0 Å². The summed E-state index contributed by atoms with van der Waals surface area (Å²) in [6, 6.07) is 0.540. The van der Waals surface area contributed by atoms with Gasteiger partial charge in [0.1, 0.15) is 5.78 Å². The van der Waals surface area contributed by atoms with Gasteiger partial charge in [0.2, 0.25) is 0 Å². The van der Waals surface area contributed by atoms with Crippen molar-refractivity contribution in [2.24, 2.45) is 0 Å². The van der Waals surface area contributed by atoms with E-state index in [1.807, 2.05) is 11.8 Å². The highest BCUT2D eigenvalue weighted by Crippen LogP contribution is 2.20. The van der Waals surface area contributed by atoms with Crippen molar-refractivity contribution >= 4 is 17.5 Å². The zero-order valence-corrected chi connectivity index (χ0v) is 11.5. The maximum absolute atomic E-state index is 11.2. The summed E-state index contributed by atoms with van der Waals surface area (Å²) in [7, 11) is 0. The lowest BCUT2D eigenvalue weighted by Crippen LogP contribution is -2.41. The number of Topliss-reactive ketones (excluding diaryl/α,β-unsaturated/α-hetero) is 1. The first-order valence-corrected chi connectivity index (χ1v) is 7.70. The van der Waals surface area contributed by atoms with Gasteiger partial charge in [0.05, 0.1) is 0 Å². The number of hydrogen-bond donors (Lipinski definition) is 0. The van der Waals surface area contributed by atoms with Gasteiger partial charge in [-0.15, -0.1) is 0 Å². The second-order valence-electron chi connectivity index (χ2n) is 4.64. The summed E-state index contributed by atoms with van der Waals surface area (Å²) in [4.78, 5) is 13.7. The van der Waals surface area contributed by atoms with Gasteiger partial charge in [-0.05, 0) is 50.8 Å². The molecule has 1 unspecified atom stereocenters. The fourth-order valence-corrected chi connectivity index (χ4v) is 3.05. The molecule has 1 heterocycles. The minimum atomic E-state index is 0.347. The monoisotopic (exact) mass is 243 g/mol. The van der Waals surface area contributed by atoms with Crippen LogP contribution in [0.5, 0.6) is 0 Å². The standard InChI is InChI=1S/C13H25NOS/c1-3-16-10-6-9-14-8-5-4-7-13(14)11-12(2)15/h13H,3-11H2,1-2H3. The Morgan fingerprint density at radius 1 is 1.44 bits per heavy atom. The quantitative estimate of drug-likeness (QED) is 0.641. The molecule has 0 aromatic carbocycles. The third-order valence-corrected chi connectivity index (χ3v) is 4.20. The van der Waals surface area contributed by atoms with Crippen molar-refractivity contribution in [3.05, 3.63) is 0 Å². The highest BCUT2D eigenvalue weighted by atomic mass is 32.2. The molecule has 1 rings (SSSR count). The van der Waals surface area contributed by atoms with Gasteiger partial charge >= 0.3 is 0 Å². The lowest BCUT2D eigenvalue weighted by molar-refractivity contribution is -0.118. The average Bonchev–Trinajstić information content (AvgIpc) is 2.26. The molecule has 94 valence electrons. The van der Waals surface area contributed by atoms with Crippen molar-refractivity contribution in [2.75, 3.05) is 24.6 Å². The Morgan fingerprint density at radius 2 is 2.25 bits per heavy atom. The van der Waals surface area contributed by atoms with E-state index in [9.17, 15) is 4.79 Å². The van der Waals surface area contributed by atoms with Gasteiger partial charge in [-0.25, -0.2) is 0 Å². The number of likely N-dealkylation sites (tertiary alicyclic amines) is 1. The molecular formula is C13H25NOS. The first-order chi connectivity index (χ1) is 7.74. The van der Waals surface area contributed by atoms with E-state index in [0.29, 0.717) is 11.8 Å². The van der Waals surface area contributed by atoms with Gasteiger partial charge < -0.3 is 0 Å². The highest BCUT2D eigenvalue weighted by Gasteiger charge is 2.22. The summed E-state index contributed by atoms with van der Waals surface area (Å²) in [5.41, 5.74) is 0. The molecular weight excluding hydrogens is 218 g/mol. The number of ketones is 1. The molecule has 0 saturated carbocycles. The van der Waals surface area contributed by atoms with Gasteiger partial charge in [0.25, 0.3) is 0 Å². The molecule has 1 fully saturated rings. The lowest BCUT2D eigenvalue weighted by atomic mass is 9.98. The normalized spacial score (nSPS) is 22.2. The summed E-state index contributed by atoms with van der Waals surface area (Å²) in [5.74, 6) is 2.83. The van der Waals surface area contributed by atoms with E-state index in [4.69, 9.17) is 0 Å². The topological polar surface area (TPSA) is 20.3 Å². The second kappa shape index (κ2) is 8.13. The number of carbonyl (C=O) groups is 1. The van der Waals surface area contributed by atoms with E-state index in [1.165, 1.54) is 50.3 Å². The van der Waals surface area contributed by atoms with Crippen LogP contribution < -0.4 is 0 Å². The van der Waals surface area contributed by atoms with Crippen molar-refractivity contribution in [3.8, 4) is 0 Å². The molecule has 1 saturated heterocycles. The van der Waals surface area contributed by atoms with Crippen LogP contribution in [0.1, 0.15) is 46.0 Å². The Balaban J connectivity index is 2.26. The molecule has 0 spiro atoms. The Bertz CT molecular complexity index is 208. The molecule has 0 N–H and O–H groups in total. The van der Waals surface area contributed by atoms with Crippen LogP contribution >= 0.6 is 11.8 Å². The molecule has 0 amide bonds. The van der Waals surface area contributed by atoms with Gasteiger partial charge in [0, 0.05) is 12.5 Å². The number of nitrogens with zero attached hydrogens (tertiary/aromatic N) is 1. The van der Waals surface area contributed by atoms with E-state index in [1.54, 1.807) is 6.92 Å². The van der Waals surface area contributed by atoms with Gasteiger partial charge in [-0.3, -0.25) is 9.69 Å². The van der Waals surface area contributed by atoms with E-state index in [0.717, 1.165) is 6.42 Å². The minimum Gasteiger partial charge on any atom is -0.300 e. The van der Waals surface area contributed by atoms with Crippen LogP contribution in [0.3, 0.4) is 0 Å². The van der Waals surface area contributed by atoms with E-state index in [-0.39, 0.29) is 0 Å². The predicted molar refractivity (Wildman–Crippen MR) is 72.1 cm³/mol. The smallest absolute Gasteiger partial charge is 0.131 e. The largest absolute Gasteiger partial charge is 0.300 e. The Hall–Kier alpha value is -0.0200. The number of thioether (sulfide) groups is 1. The van der Waals surface area contributed by atoms with Gasteiger partial charge in [-0.2, -0.15) is 11.8 Å². The molecule has 0 aromatic heterocycles. The third kappa shape index (κ3) is 5.35. The zero-order chi connectivity index (χ0) is 11.8. The lowest BCUT2D eigenvalue weighted by Gasteiger charge is -2.35. The van der Waals surface area contributed by atoms with Crippen LogP contribution in [-0.2, 0) is 4.79 Å². The van der Waals surface area contributed by atoms with Crippen molar-refractivity contribution in [2.45, 2.75) is 52.0 Å². The fourth-order valence-electron chi connectivity index (χ4n) is 2.43. The highest BCUT2D eigenvalue weighted by molar-refractivity contribution is 7.99. The molecule has 3 heteroatoms. The second-order valence-corrected chi connectivity index (χ2v) is 6.04. The van der Waals surface area contributed by atoms with E-state index in [2.05, 4.69) is 11.8 Å². The molecule has 1 atom stereocenters.